The van der Waals surface area contributed by atoms with Gasteiger partial charge in [-0.25, -0.2) is 4.98 Å². The van der Waals surface area contributed by atoms with Gasteiger partial charge in [-0.1, -0.05) is 24.3 Å². The predicted octanol–water partition coefficient (Wildman–Crippen LogP) is 3.86. The average molecular weight is 338 g/mol. The molecule has 2 aromatic heterocycles. The number of benzene rings is 1. The molecule has 2 N–H and O–H groups in total. The number of fused-ring (bicyclic) bond motifs is 1. The topological polar surface area (TPSA) is 62.8 Å². The number of hydrogen-bond acceptors (Lipinski definition) is 4. The Kier molecular flexibility index (Phi) is 5.66. The Morgan fingerprint density at radius 2 is 1.96 bits per heavy atom. The summed E-state index contributed by atoms with van der Waals surface area (Å²) in [5, 5.41) is 12.3. The number of aryl methyl sites for hydroxylation is 1. The maximum atomic E-state index is 5.78. The molecule has 2 heterocycles. The molecule has 3 aromatic rings. The summed E-state index contributed by atoms with van der Waals surface area (Å²) < 4.78 is 5.78. The zero-order chi connectivity index (χ0) is 17.6. The van der Waals surface area contributed by atoms with Gasteiger partial charge in [0.05, 0.1) is 11.6 Å². The summed E-state index contributed by atoms with van der Waals surface area (Å²) in [5.41, 5.74) is 3.33. The Morgan fingerprint density at radius 3 is 2.80 bits per heavy atom. The van der Waals surface area contributed by atoms with Crippen LogP contribution < -0.4 is 10.1 Å². The van der Waals surface area contributed by atoms with Crippen molar-refractivity contribution in [1.82, 2.24) is 20.5 Å². The van der Waals surface area contributed by atoms with E-state index in [2.05, 4.69) is 45.6 Å². The molecule has 0 spiro atoms. The highest BCUT2D eigenvalue weighted by Crippen LogP contribution is 2.18. The SMILES string of the molecule is CC(CCc1[nH]nc2ccccc12)NCc1cccnc1OC(C)C. The van der Waals surface area contributed by atoms with E-state index in [0.29, 0.717) is 6.04 Å². The number of pyridine rings is 1. The lowest BCUT2D eigenvalue weighted by Crippen LogP contribution is -2.26. The fourth-order valence-corrected chi connectivity index (χ4v) is 2.84. The molecular weight excluding hydrogens is 312 g/mol. The smallest absolute Gasteiger partial charge is 0.218 e. The molecule has 0 fully saturated rings. The zero-order valence-electron chi connectivity index (χ0n) is 15.1. The lowest BCUT2D eigenvalue weighted by atomic mass is 10.1. The molecule has 5 heteroatoms. The number of H-pyrrole nitrogens is 1. The Morgan fingerprint density at radius 1 is 1.12 bits per heavy atom. The van der Waals surface area contributed by atoms with Crippen LogP contribution in [0.3, 0.4) is 0 Å². The van der Waals surface area contributed by atoms with Gasteiger partial charge in [0.15, 0.2) is 0 Å². The van der Waals surface area contributed by atoms with Gasteiger partial charge < -0.3 is 10.1 Å². The van der Waals surface area contributed by atoms with Crippen molar-refractivity contribution in [2.24, 2.45) is 0 Å². The van der Waals surface area contributed by atoms with Gasteiger partial charge in [0.25, 0.3) is 0 Å². The summed E-state index contributed by atoms with van der Waals surface area (Å²) >= 11 is 0. The molecule has 3 rings (SSSR count). The first-order chi connectivity index (χ1) is 12.1. The van der Waals surface area contributed by atoms with Crippen LogP contribution in [-0.2, 0) is 13.0 Å². The fourth-order valence-electron chi connectivity index (χ4n) is 2.84. The fraction of sp³-hybridized carbons (Fsp3) is 0.400. The van der Waals surface area contributed by atoms with E-state index < -0.39 is 0 Å². The van der Waals surface area contributed by atoms with Crippen molar-refractivity contribution in [3.8, 4) is 5.88 Å². The lowest BCUT2D eigenvalue weighted by molar-refractivity contribution is 0.229. The van der Waals surface area contributed by atoms with Crippen molar-refractivity contribution in [1.29, 1.82) is 0 Å². The highest BCUT2D eigenvalue weighted by atomic mass is 16.5. The first kappa shape index (κ1) is 17.4. The molecule has 0 aliphatic rings. The highest BCUT2D eigenvalue weighted by molar-refractivity contribution is 5.81. The minimum atomic E-state index is 0.125. The second-order valence-corrected chi connectivity index (χ2v) is 6.67. The third kappa shape index (κ3) is 4.57. The van der Waals surface area contributed by atoms with Crippen LogP contribution in [0.25, 0.3) is 10.9 Å². The number of nitrogens with one attached hydrogen (secondary N) is 2. The summed E-state index contributed by atoms with van der Waals surface area (Å²) in [6.45, 7) is 6.99. The number of nitrogens with zero attached hydrogens (tertiary/aromatic N) is 2. The second kappa shape index (κ2) is 8.12. The van der Waals surface area contributed by atoms with Gasteiger partial charge in [-0.3, -0.25) is 5.10 Å². The molecule has 132 valence electrons. The summed E-state index contributed by atoms with van der Waals surface area (Å²) in [6, 6.07) is 12.6. The quantitative estimate of drug-likeness (QED) is 0.655. The van der Waals surface area contributed by atoms with E-state index in [1.807, 2.05) is 32.0 Å². The van der Waals surface area contributed by atoms with Crippen LogP contribution in [0.1, 0.15) is 38.4 Å². The van der Waals surface area contributed by atoms with Crippen LogP contribution in [0, 0.1) is 0 Å². The van der Waals surface area contributed by atoms with Crippen LogP contribution in [0.2, 0.25) is 0 Å². The minimum absolute atomic E-state index is 0.125. The van der Waals surface area contributed by atoms with Crippen molar-refractivity contribution >= 4 is 10.9 Å². The summed E-state index contributed by atoms with van der Waals surface area (Å²) in [5.74, 6) is 0.719. The highest BCUT2D eigenvalue weighted by Gasteiger charge is 2.10. The van der Waals surface area contributed by atoms with Crippen molar-refractivity contribution in [2.75, 3.05) is 0 Å². The normalized spacial score (nSPS) is 12.6. The molecule has 0 amide bonds. The van der Waals surface area contributed by atoms with Gasteiger partial charge in [-0.2, -0.15) is 5.10 Å². The molecule has 0 saturated carbocycles. The van der Waals surface area contributed by atoms with Crippen molar-refractivity contribution in [3.05, 3.63) is 53.9 Å². The van der Waals surface area contributed by atoms with Crippen LogP contribution in [0.5, 0.6) is 5.88 Å². The van der Waals surface area contributed by atoms with Crippen LogP contribution >= 0.6 is 0 Å². The predicted molar refractivity (Wildman–Crippen MR) is 101 cm³/mol. The molecule has 0 bridgehead atoms. The largest absolute Gasteiger partial charge is 0.475 e. The van der Waals surface area contributed by atoms with E-state index in [1.165, 1.54) is 11.1 Å². The van der Waals surface area contributed by atoms with Gasteiger partial charge >= 0.3 is 0 Å². The second-order valence-electron chi connectivity index (χ2n) is 6.67. The van der Waals surface area contributed by atoms with Gasteiger partial charge in [0.2, 0.25) is 5.88 Å². The first-order valence-electron chi connectivity index (χ1n) is 8.89. The number of aromatic amines is 1. The monoisotopic (exact) mass is 338 g/mol. The standard InChI is InChI=1S/C20H26N4O/c1-14(2)25-20-16(7-6-12-21-20)13-22-15(3)10-11-19-17-8-4-5-9-18(17)23-24-19/h4-9,12,14-15,22H,10-11,13H2,1-3H3,(H,23,24). The average Bonchev–Trinajstić information content (AvgIpc) is 3.02. The number of rotatable bonds is 8. The Labute approximate surface area is 148 Å². The molecule has 5 nitrogen and oxygen atoms in total. The summed E-state index contributed by atoms with van der Waals surface area (Å²) in [7, 11) is 0. The van der Waals surface area contributed by atoms with E-state index in [1.54, 1.807) is 6.20 Å². The van der Waals surface area contributed by atoms with E-state index >= 15 is 0 Å². The summed E-state index contributed by atoms with van der Waals surface area (Å²) in [4.78, 5) is 4.34. The van der Waals surface area contributed by atoms with Crippen molar-refractivity contribution in [3.63, 3.8) is 0 Å². The van der Waals surface area contributed by atoms with Gasteiger partial charge in [-0.15, -0.1) is 0 Å². The molecule has 1 unspecified atom stereocenters. The van der Waals surface area contributed by atoms with Crippen LogP contribution in [0.15, 0.2) is 42.6 Å². The first-order valence-corrected chi connectivity index (χ1v) is 8.89. The summed E-state index contributed by atoms with van der Waals surface area (Å²) in [6.07, 6.45) is 3.90. The Bertz CT molecular complexity index is 812. The maximum Gasteiger partial charge on any atom is 0.218 e. The Hall–Kier alpha value is -2.40. The molecule has 0 saturated heterocycles. The lowest BCUT2D eigenvalue weighted by Gasteiger charge is -2.16. The van der Waals surface area contributed by atoms with Crippen LogP contribution in [-0.4, -0.2) is 27.3 Å². The third-order valence-electron chi connectivity index (χ3n) is 4.21. The molecule has 0 aliphatic carbocycles. The van der Waals surface area contributed by atoms with E-state index in [4.69, 9.17) is 4.74 Å². The Balaban J connectivity index is 1.54. The number of hydrogen-bond donors (Lipinski definition) is 2. The van der Waals surface area contributed by atoms with Gasteiger partial charge in [0.1, 0.15) is 0 Å². The third-order valence-corrected chi connectivity index (χ3v) is 4.21. The van der Waals surface area contributed by atoms with Crippen molar-refractivity contribution < 1.29 is 4.74 Å². The number of ether oxygens (including phenoxy) is 1. The number of aromatic nitrogens is 3. The minimum Gasteiger partial charge on any atom is -0.475 e. The molecule has 0 aliphatic heterocycles. The van der Waals surface area contributed by atoms with Gasteiger partial charge in [0, 0.05) is 35.4 Å². The van der Waals surface area contributed by atoms with Gasteiger partial charge in [-0.05, 0) is 45.7 Å². The van der Waals surface area contributed by atoms with E-state index in [-0.39, 0.29) is 6.10 Å². The number of para-hydroxylation sites is 1. The molecular formula is C20H26N4O. The van der Waals surface area contributed by atoms with Crippen molar-refractivity contribution in [2.45, 2.75) is 52.3 Å². The maximum absolute atomic E-state index is 5.78. The molecule has 1 aromatic carbocycles. The van der Waals surface area contributed by atoms with E-state index in [9.17, 15) is 0 Å². The van der Waals surface area contributed by atoms with E-state index in [0.717, 1.165) is 36.3 Å². The molecule has 0 radical (unpaired) electrons. The zero-order valence-corrected chi connectivity index (χ0v) is 15.1. The van der Waals surface area contributed by atoms with Crippen LogP contribution in [0.4, 0.5) is 0 Å². The molecule has 1 atom stereocenters. The molecule has 25 heavy (non-hydrogen) atoms.